The van der Waals surface area contributed by atoms with E-state index in [9.17, 15) is 9.59 Å². The van der Waals surface area contributed by atoms with Gasteiger partial charge in [0, 0.05) is 10.3 Å². The number of nitrogens with one attached hydrogen (secondary N) is 1. The zero-order valence-electron chi connectivity index (χ0n) is 13.7. The van der Waals surface area contributed by atoms with Crippen LogP contribution in [0.1, 0.15) is 47.0 Å². The number of benzene rings is 1. The van der Waals surface area contributed by atoms with E-state index in [2.05, 4.69) is 11.4 Å². The maximum atomic E-state index is 12.8. The van der Waals surface area contributed by atoms with Crippen molar-refractivity contribution in [2.24, 2.45) is 5.92 Å². The van der Waals surface area contributed by atoms with Crippen LogP contribution in [0.3, 0.4) is 0 Å². The van der Waals surface area contributed by atoms with E-state index in [0.717, 1.165) is 23.1 Å². The van der Waals surface area contributed by atoms with Gasteiger partial charge in [0.1, 0.15) is 11.1 Å². The summed E-state index contributed by atoms with van der Waals surface area (Å²) in [5, 5.41) is 5.87. The number of thiophene rings is 1. The quantitative estimate of drug-likeness (QED) is 0.702. The second-order valence-electron chi connectivity index (χ2n) is 6.50. The van der Waals surface area contributed by atoms with E-state index in [-0.39, 0.29) is 17.5 Å². The largest absolute Gasteiger partial charge is 0.422 e. The van der Waals surface area contributed by atoms with Crippen LogP contribution in [0.2, 0.25) is 0 Å². The fourth-order valence-electron chi connectivity index (χ4n) is 3.62. The zero-order valence-corrected chi connectivity index (χ0v) is 14.6. The molecule has 1 aromatic carbocycles. The van der Waals surface area contributed by atoms with E-state index >= 15 is 0 Å². The van der Waals surface area contributed by atoms with Gasteiger partial charge in [-0.1, -0.05) is 37.1 Å². The number of amides is 1. The van der Waals surface area contributed by atoms with Crippen LogP contribution < -0.4 is 10.9 Å². The molecule has 3 aromatic rings. The Kier molecular flexibility index (Phi) is 4.40. The maximum Gasteiger partial charge on any atom is 0.349 e. The molecular formula is C20H19NO3S. The molecule has 1 aliphatic rings. The van der Waals surface area contributed by atoms with Gasteiger partial charge in [0.25, 0.3) is 5.91 Å². The van der Waals surface area contributed by atoms with Crippen molar-refractivity contribution >= 4 is 28.2 Å². The molecule has 1 N–H and O–H groups in total. The number of carbonyl (C=O) groups is 1. The average Bonchev–Trinajstić information content (AvgIpc) is 3.32. The van der Waals surface area contributed by atoms with Crippen molar-refractivity contribution in [3.8, 4) is 0 Å². The molecule has 1 fully saturated rings. The first-order valence-corrected chi connectivity index (χ1v) is 9.47. The molecule has 1 atom stereocenters. The Morgan fingerprint density at radius 3 is 2.72 bits per heavy atom. The summed E-state index contributed by atoms with van der Waals surface area (Å²) in [6.45, 7) is 0. The lowest BCUT2D eigenvalue weighted by Gasteiger charge is -2.23. The predicted molar refractivity (Wildman–Crippen MR) is 99.0 cm³/mol. The van der Waals surface area contributed by atoms with Crippen molar-refractivity contribution in [2.75, 3.05) is 0 Å². The molecule has 1 aliphatic carbocycles. The van der Waals surface area contributed by atoms with Crippen molar-refractivity contribution in [3.05, 3.63) is 68.7 Å². The van der Waals surface area contributed by atoms with Crippen LogP contribution in [-0.4, -0.2) is 5.91 Å². The first-order valence-electron chi connectivity index (χ1n) is 8.59. The third-order valence-electron chi connectivity index (χ3n) is 4.89. The summed E-state index contributed by atoms with van der Waals surface area (Å²) in [6.07, 6.45) is 4.60. The summed E-state index contributed by atoms with van der Waals surface area (Å²) in [6, 6.07) is 12.9. The van der Waals surface area contributed by atoms with Crippen molar-refractivity contribution in [2.45, 2.75) is 31.7 Å². The normalized spacial score (nSPS) is 16.2. The Bertz CT molecular complexity index is 939. The van der Waals surface area contributed by atoms with Gasteiger partial charge in [-0.05, 0) is 42.3 Å². The smallest absolute Gasteiger partial charge is 0.349 e. The molecule has 0 spiro atoms. The minimum Gasteiger partial charge on any atom is -0.422 e. The Morgan fingerprint density at radius 2 is 1.96 bits per heavy atom. The van der Waals surface area contributed by atoms with Gasteiger partial charge in [-0.3, -0.25) is 4.79 Å². The van der Waals surface area contributed by atoms with E-state index in [4.69, 9.17) is 4.42 Å². The molecule has 5 heteroatoms. The van der Waals surface area contributed by atoms with Gasteiger partial charge < -0.3 is 9.73 Å². The molecular weight excluding hydrogens is 334 g/mol. The molecule has 1 amide bonds. The lowest BCUT2D eigenvalue weighted by molar-refractivity contribution is 0.0919. The van der Waals surface area contributed by atoms with Crippen LogP contribution >= 0.6 is 11.3 Å². The van der Waals surface area contributed by atoms with Crippen molar-refractivity contribution in [1.82, 2.24) is 5.32 Å². The zero-order chi connectivity index (χ0) is 17.2. The van der Waals surface area contributed by atoms with Crippen molar-refractivity contribution in [3.63, 3.8) is 0 Å². The molecule has 0 saturated heterocycles. The lowest BCUT2D eigenvalue weighted by Crippen LogP contribution is -2.34. The Hall–Kier alpha value is -2.40. The van der Waals surface area contributed by atoms with Crippen molar-refractivity contribution < 1.29 is 9.21 Å². The molecule has 2 heterocycles. The van der Waals surface area contributed by atoms with E-state index < -0.39 is 5.63 Å². The van der Waals surface area contributed by atoms with Crippen LogP contribution in [0.5, 0.6) is 0 Å². The van der Waals surface area contributed by atoms with Crippen LogP contribution in [0.4, 0.5) is 0 Å². The lowest BCUT2D eigenvalue weighted by atomic mass is 9.96. The predicted octanol–water partition coefficient (Wildman–Crippen LogP) is 4.52. The van der Waals surface area contributed by atoms with Gasteiger partial charge in [0.15, 0.2) is 0 Å². The maximum absolute atomic E-state index is 12.8. The second-order valence-corrected chi connectivity index (χ2v) is 7.48. The molecule has 1 unspecified atom stereocenters. The molecule has 1 saturated carbocycles. The fourth-order valence-corrected chi connectivity index (χ4v) is 4.49. The first kappa shape index (κ1) is 16.1. The van der Waals surface area contributed by atoms with E-state index in [1.54, 1.807) is 29.5 Å². The van der Waals surface area contributed by atoms with E-state index in [1.807, 2.05) is 23.6 Å². The van der Waals surface area contributed by atoms with E-state index in [1.165, 1.54) is 12.8 Å². The monoisotopic (exact) mass is 353 g/mol. The third-order valence-corrected chi connectivity index (χ3v) is 5.85. The van der Waals surface area contributed by atoms with Crippen LogP contribution in [0, 0.1) is 5.92 Å². The number of carbonyl (C=O) groups excluding carboxylic acids is 1. The first-order chi connectivity index (χ1) is 12.2. The van der Waals surface area contributed by atoms with Gasteiger partial charge >= 0.3 is 5.63 Å². The minimum atomic E-state index is -0.590. The van der Waals surface area contributed by atoms with E-state index in [0.29, 0.717) is 11.5 Å². The highest BCUT2D eigenvalue weighted by atomic mass is 32.1. The Balaban J connectivity index is 1.65. The number of rotatable bonds is 4. The highest BCUT2D eigenvalue weighted by molar-refractivity contribution is 7.10. The molecule has 25 heavy (non-hydrogen) atoms. The summed E-state index contributed by atoms with van der Waals surface area (Å²) in [5.41, 5.74) is -0.0274. The second kappa shape index (κ2) is 6.84. The van der Waals surface area contributed by atoms with Gasteiger partial charge in [0.05, 0.1) is 6.04 Å². The highest BCUT2D eigenvalue weighted by Crippen LogP contribution is 2.37. The number of para-hydroxylation sites is 1. The Labute approximate surface area is 149 Å². The summed E-state index contributed by atoms with van der Waals surface area (Å²) in [4.78, 5) is 26.2. The average molecular weight is 353 g/mol. The summed E-state index contributed by atoms with van der Waals surface area (Å²) >= 11 is 1.65. The van der Waals surface area contributed by atoms with Gasteiger partial charge in [-0.25, -0.2) is 4.79 Å². The number of fused-ring (bicyclic) bond motifs is 1. The summed E-state index contributed by atoms with van der Waals surface area (Å²) in [7, 11) is 0. The number of hydrogen-bond acceptors (Lipinski definition) is 4. The fraction of sp³-hybridized carbons (Fsp3) is 0.300. The molecule has 2 aromatic heterocycles. The number of hydrogen-bond donors (Lipinski definition) is 1. The summed E-state index contributed by atoms with van der Waals surface area (Å²) < 4.78 is 5.30. The highest BCUT2D eigenvalue weighted by Gasteiger charge is 2.29. The van der Waals surface area contributed by atoms with Gasteiger partial charge in [-0.15, -0.1) is 11.3 Å². The molecule has 4 rings (SSSR count). The van der Waals surface area contributed by atoms with Crippen LogP contribution in [0.25, 0.3) is 11.0 Å². The van der Waals surface area contributed by atoms with Gasteiger partial charge in [-0.2, -0.15) is 0 Å². The minimum absolute atomic E-state index is 0.0409. The summed E-state index contributed by atoms with van der Waals surface area (Å²) in [5.74, 6) is 0.0694. The molecule has 0 aliphatic heterocycles. The topological polar surface area (TPSA) is 59.3 Å². The third kappa shape index (κ3) is 3.24. The van der Waals surface area contributed by atoms with Gasteiger partial charge in [0.2, 0.25) is 0 Å². The Morgan fingerprint density at radius 1 is 1.16 bits per heavy atom. The molecule has 128 valence electrons. The molecule has 4 nitrogen and oxygen atoms in total. The van der Waals surface area contributed by atoms with Crippen LogP contribution in [0.15, 0.2) is 57.1 Å². The molecule has 0 radical (unpaired) electrons. The SMILES string of the molecule is O=C(NC(c1cccs1)C1CCCC1)c1cc2ccccc2oc1=O. The molecule has 0 bridgehead atoms. The van der Waals surface area contributed by atoms with Crippen LogP contribution in [-0.2, 0) is 0 Å². The standard InChI is InChI=1S/C20H19NO3S/c22-19(15-12-14-8-3-4-9-16(14)24-20(15)23)21-18(13-6-1-2-7-13)17-10-5-11-25-17/h3-5,8-13,18H,1-2,6-7H2,(H,21,22). The van der Waals surface area contributed by atoms with Crippen molar-refractivity contribution in [1.29, 1.82) is 0 Å².